The molecule has 1 atom stereocenters. The van der Waals surface area contributed by atoms with E-state index in [1.807, 2.05) is 0 Å². The Kier molecular flexibility index (Phi) is 1.69. The second kappa shape index (κ2) is 2.31. The van der Waals surface area contributed by atoms with E-state index in [1.165, 1.54) is 0 Å². The molecule has 46 valence electrons. The lowest BCUT2D eigenvalue weighted by atomic mass is 10.2. The summed E-state index contributed by atoms with van der Waals surface area (Å²) in [5.41, 5.74) is 0. The molecular formula is C7H12O. The molecule has 0 radical (unpaired) electrons. The highest BCUT2D eigenvalue weighted by Crippen LogP contribution is 2.10. The molecule has 8 heavy (non-hydrogen) atoms. The van der Waals surface area contributed by atoms with Gasteiger partial charge in [0.15, 0.2) is 0 Å². The van der Waals surface area contributed by atoms with Crippen LogP contribution in [0.4, 0.5) is 0 Å². The minimum atomic E-state index is 0.456. The Balaban J connectivity index is 2.13. The predicted molar refractivity (Wildman–Crippen MR) is 33.7 cm³/mol. The van der Waals surface area contributed by atoms with Gasteiger partial charge in [0.05, 0.1) is 12.7 Å². The van der Waals surface area contributed by atoms with Crippen molar-refractivity contribution in [2.75, 3.05) is 6.61 Å². The summed E-state index contributed by atoms with van der Waals surface area (Å²) in [4.78, 5) is 0. The number of epoxide rings is 1. The molecule has 1 rings (SSSR count). The first-order valence-electron chi connectivity index (χ1n) is 3.09. The molecule has 0 saturated carbocycles. The van der Waals surface area contributed by atoms with Crippen LogP contribution in [0.3, 0.4) is 0 Å². The van der Waals surface area contributed by atoms with Crippen molar-refractivity contribution >= 4 is 0 Å². The van der Waals surface area contributed by atoms with Crippen LogP contribution in [-0.2, 0) is 4.74 Å². The van der Waals surface area contributed by atoms with Gasteiger partial charge in [-0.05, 0) is 5.92 Å². The van der Waals surface area contributed by atoms with Crippen molar-refractivity contribution in [3.8, 4) is 0 Å². The Morgan fingerprint density at radius 3 is 2.62 bits per heavy atom. The standard InChI is InChI=1S/C7H12O/c1-6(2)3-4-7-5-8-7/h3-4,6-7H,5H2,1-2H3/b4-3+. The van der Waals surface area contributed by atoms with E-state index < -0.39 is 0 Å². The molecule has 0 N–H and O–H groups in total. The summed E-state index contributed by atoms with van der Waals surface area (Å²) in [6.45, 7) is 5.26. The van der Waals surface area contributed by atoms with Gasteiger partial charge < -0.3 is 4.74 Å². The fourth-order valence-corrected chi connectivity index (χ4v) is 0.513. The Labute approximate surface area is 50.3 Å². The van der Waals surface area contributed by atoms with Crippen molar-refractivity contribution in [1.82, 2.24) is 0 Å². The number of hydrogen-bond acceptors (Lipinski definition) is 1. The average molecular weight is 112 g/mol. The van der Waals surface area contributed by atoms with Gasteiger partial charge in [-0.15, -0.1) is 0 Å². The summed E-state index contributed by atoms with van der Waals surface area (Å²) < 4.78 is 4.97. The minimum absolute atomic E-state index is 0.456. The summed E-state index contributed by atoms with van der Waals surface area (Å²) in [5, 5.41) is 0. The fraction of sp³-hybridized carbons (Fsp3) is 0.714. The zero-order chi connectivity index (χ0) is 5.98. The van der Waals surface area contributed by atoms with Crippen molar-refractivity contribution in [3.05, 3.63) is 12.2 Å². The molecule has 1 aliphatic rings. The van der Waals surface area contributed by atoms with Crippen LogP contribution in [0.1, 0.15) is 13.8 Å². The number of ether oxygens (including phenoxy) is 1. The van der Waals surface area contributed by atoms with Crippen molar-refractivity contribution in [2.24, 2.45) is 5.92 Å². The highest BCUT2D eigenvalue weighted by Gasteiger charge is 2.17. The third-order valence-corrected chi connectivity index (χ3v) is 1.07. The van der Waals surface area contributed by atoms with Gasteiger partial charge in [0.1, 0.15) is 0 Å². The van der Waals surface area contributed by atoms with E-state index in [0.717, 1.165) is 6.61 Å². The van der Waals surface area contributed by atoms with E-state index in [9.17, 15) is 0 Å². The van der Waals surface area contributed by atoms with Crippen LogP contribution in [0.2, 0.25) is 0 Å². The maximum absolute atomic E-state index is 4.97. The summed E-state index contributed by atoms with van der Waals surface area (Å²) in [6.07, 6.45) is 4.76. The van der Waals surface area contributed by atoms with Crippen molar-refractivity contribution < 1.29 is 4.74 Å². The zero-order valence-corrected chi connectivity index (χ0v) is 5.42. The maximum atomic E-state index is 4.97. The van der Waals surface area contributed by atoms with Crippen LogP contribution in [-0.4, -0.2) is 12.7 Å². The van der Waals surface area contributed by atoms with Gasteiger partial charge in [0.2, 0.25) is 0 Å². The Morgan fingerprint density at radius 2 is 2.25 bits per heavy atom. The van der Waals surface area contributed by atoms with E-state index in [1.54, 1.807) is 0 Å². The molecule has 0 aliphatic carbocycles. The molecule has 0 aromatic heterocycles. The highest BCUT2D eigenvalue weighted by molar-refractivity contribution is 4.96. The molecule has 1 aliphatic heterocycles. The molecule has 1 nitrogen and oxygen atoms in total. The van der Waals surface area contributed by atoms with Gasteiger partial charge in [0, 0.05) is 0 Å². The SMILES string of the molecule is CC(C)/C=C/C1CO1. The molecular weight excluding hydrogens is 100 g/mol. The van der Waals surface area contributed by atoms with Gasteiger partial charge in [-0.2, -0.15) is 0 Å². The summed E-state index contributed by atoms with van der Waals surface area (Å²) >= 11 is 0. The van der Waals surface area contributed by atoms with E-state index in [2.05, 4.69) is 26.0 Å². The Morgan fingerprint density at radius 1 is 1.62 bits per heavy atom. The second-order valence-corrected chi connectivity index (χ2v) is 2.50. The Bertz CT molecular complexity index is 86.6. The monoisotopic (exact) mass is 112 g/mol. The predicted octanol–water partition coefficient (Wildman–Crippen LogP) is 1.60. The van der Waals surface area contributed by atoms with Gasteiger partial charge >= 0.3 is 0 Å². The largest absolute Gasteiger partial charge is 0.369 e. The number of allylic oxidation sites excluding steroid dienone is 1. The van der Waals surface area contributed by atoms with Gasteiger partial charge in [-0.25, -0.2) is 0 Å². The molecule has 1 fully saturated rings. The number of hydrogen-bond donors (Lipinski definition) is 0. The highest BCUT2D eigenvalue weighted by atomic mass is 16.6. The van der Waals surface area contributed by atoms with Crippen molar-refractivity contribution in [1.29, 1.82) is 0 Å². The fourth-order valence-electron chi connectivity index (χ4n) is 0.513. The van der Waals surface area contributed by atoms with Crippen LogP contribution in [0, 0.1) is 5.92 Å². The first-order chi connectivity index (χ1) is 3.79. The van der Waals surface area contributed by atoms with Crippen LogP contribution < -0.4 is 0 Å². The van der Waals surface area contributed by atoms with Crippen LogP contribution in [0.25, 0.3) is 0 Å². The lowest BCUT2D eigenvalue weighted by Crippen LogP contribution is -1.80. The van der Waals surface area contributed by atoms with E-state index in [0.29, 0.717) is 12.0 Å². The topological polar surface area (TPSA) is 12.5 Å². The lowest BCUT2D eigenvalue weighted by Gasteiger charge is -1.88. The first kappa shape index (κ1) is 5.83. The van der Waals surface area contributed by atoms with Gasteiger partial charge in [-0.1, -0.05) is 26.0 Å². The summed E-state index contributed by atoms with van der Waals surface area (Å²) in [5.74, 6) is 0.666. The molecule has 0 spiro atoms. The molecule has 1 unspecified atom stereocenters. The molecule has 0 aromatic carbocycles. The summed E-state index contributed by atoms with van der Waals surface area (Å²) in [7, 11) is 0. The molecule has 1 saturated heterocycles. The third kappa shape index (κ3) is 2.12. The minimum Gasteiger partial charge on any atom is -0.369 e. The maximum Gasteiger partial charge on any atom is 0.0991 e. The third-order valence-electron chi connectivity index (χ3n) is 1.07. The van der Waals surface area contributed by atoms with Crippen LogP contribution in [0.15, 0.2) is 12.2 Å². The van der Waals surface area contributed by atoms with E-state index >= 15 is 0 Å². The van der Waals surface area contributed by atoms with E-state index in [4.69, 9.17) is 4.74 Å². The van der Waals surface area contributed by atoms with Crippen LogP contribution in [0.5, 0.6) is 0 Å². The van der Waals surface area contributed by atoms with Crippen molar-refractivity contribution in [2.45, 2.75) is 20.0 Å². The lowest BCUT2D eigenvalue weighted by molar-refractivity contribution is 0.439. The molecule has 0 aromatic rings. The quantitative estimate of drug-likeness (QED) is 0.390. The van der Waals surface area contributed by atoms with Gasteiger partial charge in [-0.3, -0.25) is 0 Å². The average Bonchev–Trinajstić information content (AvgIpc) is 2.41. The number of rotatable bonds is 2. The van der Waals surface area contributed by atoms with Crippen molar-refractivity contribution in [3.63, 3.8) is 0 Å². The molecule has 0 bridgehead atoms. The normalized spacial score (nSPS) is 27.6. The Hall–Kier alpha value is -0.300. The molecule has 0 amide bonds. The van der Waals surface area contributed by atoms with Crippen LogP contribution >= 0.6 is 0 Å². The zero-order valence-electron chi connectivity index (χ0n) is 5.42. The second-order valence-electron chi connectivity index (χ2n) is 2.50. The molecule has 1 heterocycles. The van der Waals surface area contributed by atoms with Gasteiger partial charge in [0.25, 0.3) is 0 Å². The summed E-state index contributed by atoms with van der Waals surface area (Å²) in [6, 6.07) is 0. The van der Waals surface area contributed by atoms with E-state index in [-0.39, 0.29) is 0 Å². The smallest absolute Gasteiger partial charge is 0.0991 e. The molecule has 1 heteroatoms. The first-order valence-corrected chi connectivity index (χ1v) is 3.09.